The molecule has 1 saturated heterocycles. The lowest BCUT2D eigenvalue weighted by molar-refractivity contribution is -0.108. The van der Waals surface area contributed by atoms with Gasteiger partial charge in [-0.05, 0) is 26.7 Å². The first-order valence-corrected chi connectivity index (χ1v) is 7.48. The van der Waals surface area contributed by atoms with Crippen LogP contribution in [0.1, 0.15) is 52.0 Å². The molecule has 1 aliphatic rings. The van der Waals surface area contributed by atoms with Crippen LogP contribution in [-0.2, 0) is 22.6 Å². The van der Waals surface area contributed by atoms with Crippen molar-refractivity contribution in [1.82, 2.24) is 10.5 Å². The molecular formula is C15H26N2O3. The van der Waals surface area contributed by atoms with Crippen molar-refractivity contribution >= 4 is 0 Å². The molecule has 1 fully saturated rings. The summed E-state index contributed by atoms with van der Waals surface area (Å²) in [6, 6.07) is 2.40. The van der Waals surface area contributed by atoms with Gasteiger partial charge in [-0.1, -0.05) is 19.0 Å². The topological polar surface area (TPSA) is 56.5 Å². The fourth-order valence-corrected chi connectivity index (χ4v) is 2.50. The lowest BCUT2D eigenvalue weighted by atomic mass is 10.0. The van der Waals surface area contributed by atoms with Gasteiger partial charge >= 0.3 is 0 Å². The Bertz CT molecular complexity index is 396. The van der Waals surface area contributed by atoms with Crippen molar-refractivity contribution in [3.05, 3.63) is 17.5 Å². The van der Waals surface area contributed by atoms with Crippen LogP contribution in [0.2, 0.25) is 0 Å². The molecule has 1 aliphatic heterocycles. The lowest BCUT2D eigenvalue weighted by Gasteiger charge is -2.31. The predicted molar refractivity (Wildman–Crippen MR) is 76.3 cm³/mol. The van der Waals surface area contributed by atoms with Gasteiger partial charge in [0, 0.05) is 18.7 Å². The number of rotatable bonds is 6. The van der Waals surface area contributed by atoms with Gasteiger partial charge in [0.2, 0.25) is 0 Å². The SMILES string of the molecule is CC(C)NCc1cc(COC2CC(C)OC(C)C2)on1. The van der Waals surface area contributed by atoms with Crippen LogP contribution in [0.5, 0.6) is 0 Å². The molecule has 0 amide bonds. The van der Waals surface area contributed by atoms with E-state index in [1.54, 1.807) is 0 Å². The summed E-state index contributed by atoms with van der Waals surface area (Å²) in [4.78, 5) is 0. The maximum absolute atomic E-state index is 5.91. The van der Waals surface area contributed by atoms with Gasteiger partial charge in [0.1, 0.15) is 6.61 Å². The molecule has 2 unspecified atom stereocenters. The molecule has 0 spiro atoms. The highest BCUT2D eigenvalue weighted by molar-refractivity contribution is 5.04. The number of nitrogens with one attached hydrogen (secondary N) is 1. The van der Waals surface area contributed by atoms with Crippen LogP contribution in [0.4, 0.5) is 0 Å². The van der Waals surface area contributed by atoms with Gasteiger partial charge in [-0.25, -0.2) is 0 Å². The Morgan fingerprint density at radius 2 is 2.05 bits per heavy atom. The highest BCUT2D eigenvalue weighted by Gasteiger charge is 2.25. The zero-order valence-electron chi connectivity index (χ0n) is 12.9. The van der Waals surface area contributed by atoms with Crippen molar-refractivity contribution in [3.8, 4) is 0 Å². The van der Waals surface area contributed by atoms with E-state index in [9.17, 15) is 0 Å². The van der Waals surface area contributed by atoms with E-state index in [4.69, 9.17) is 14.0 Å². The van der Waals surface area contributed by atoms with E-state index in [2.05, 4.69) is 38.2 Å². The molecule has 0 aromatic carbocycles. The van der Waals surface area contributed by atoms with Crippen LogP contribution >= 0.6 is 0 Å². The highest BCUT2D eigenvalue weighted by atomic mass is 16.5. The molecule has 0 radical (unpaired) electrons. The first kappa shape index (κ1) is 15.5. The normalized spacial score (nSPS) is 27.1. The van der Waals surface area contributed by atoms with E-state index in [1.165, 1.54) is 0 Å². The summed E-state index contributed by atoms with van der Waals surface area (Å²) in [6.45, 7) is 9.62. The highest BCUT2D eigenvalue weighted by Crippen LogP contribution is 2.22. The number of aromatic nitrogens is 1. The van der Waals surface area contributed by atoms with E-state index in [0.29, 0.717) is 12.6 Å². The minimum atomic E-state index is 0.246. The van der Waals surface area contributed by atoms with Crippen LogP contribution in [0.25, 0.3) is 0 Å². The van der Waals surface area contributed by atoms with Crippen molar-refractivity contribution in [2.75, 3.05) is 0 Å². The molecule has 2 heterocycles. The van der Waals surface area contributed by atoms with Crippen molar-refractivity contribution in [3.63, 3.8) is 0 Å². The minimum Gasteiger partial charge on any atom is -0.375 e. The number of ether oxygens (including phenoxy) is 2. The molecule has 0 bridgehead atoms. The largest absolute Gasteiger partial charge is 0.375 e. The molecule has 2 atom stereocenters. The molecule has 1 aromatic rings. The van der Waals surface area contributed by atoms with Gasteiger partial charge < -0.3 is 19.3 Å². The van der Waals surface area contributed by atoms with Gasteiger partial charge in [0.05, 0.1) is 24.0 Å². The summed E-state index contributed by atoms with van der Waals surface area (Å²) in [6.07, 6.45) is 2.67. The van der Waals surface area contributed by atoms with E-state index < -0.39 is 0 Å². The molecule has 0 aliphatic carbocycles. The third-order valence-electron chi connectivity index (χ3n) is 3.41. The van der Waals surface area contributed by atoms with Crippen LogP contribution in [0.3, 0.4) is 0 Å². The smallest absolute Gasteiger partial charge is 0.162 e. The summed E-state index contributed by atoms with van der Waals surface area (Å²) in [5, 5.41) is 7.35. The molecule has 1 N–H and O–H groups in total. The zero-order valence-corrected chi connectivity index (χ0v) is 12.9. The summed E-state index contributed by atoms with van der Waals surface area (Å²) >= 11 is 0. The van der Waals surface area contributed by atoms with Gasteiger partial charge in [-0.3, -0.25) is 0 Å². The Morgan fingerprint density at radius 3 is 2.70 bits per heavy atom. The van der Waals surface area contributed by atoms with E-state index in [0.717, 1.165) is 30.8 Å². The summed E-state index contributed by atoms with van der Waals surface area (Å²) < 4.78 is 16.9. The number of nitrogens with zero attached hydrogens (tertiary/aromatic N) is 1. The standard InChI is InChI=1S/C15H26N2O3/c1-10(2)16-8-13-7-15(20-17-13)9-18-14-5-11(3)19-12(4)6-14/h7,10-12,14,16H,5-6,8-9H2,1-4H3. The first-order chi connectivity index (χ1) is 9.52. The molecular weight excluding hydrogens is 256 g/mol. The monoisotopic (exact) mass is 282 g/mol. The Morgan fingerprint density at radius 1 is 1.35 bits per heavy atom. The Balaban J connectivity index is 1.76. The van der Waals surface area contributed by atoms with Crippen LogP contribution in [-0.4, -0.2) is 29.5 Å². The Labute approximate surface area is 121 Å². The van der Waals surface area contributed by atoms with Gasteiger partial charge in [0.15, 0.2) is 5.76 Å². The van der Waals surface area contributed by atoms with E-state index >= 15 is 0 Å². The lowest BCUT2D eigenvalue weighted by Crippen LogP contribution is -2.33. The van der Waals surface area contributed by atoms with Crippen LogP contribution < -0.4 is 5.32 Å². The molecule has 5 heteroatoms. The molecule has 1 aromatic heterocycles. The Kier molecular flexibility index (Phi) is 5.57. The van der Waals surface area contributed by atoms with Gasteiger partial charge in [-0.15, -0.1) is 0 Å². The average Bonchev–Trinajstić information content (AvgIpc) is 2.81. The predicted octanol–water partition coefficient (Wildman–Crippen LogP) is 2.65. The van der Waals surface area contributed by atoms with Gasteiger partial charge in [-0.2, -0.15) is 0 Å². The fraction of sp³-hybridized carbons (Fsp3) is 0.800. The zero-order chi connectivity index (χ0) is 14.5. The quantitative estimate of drug-likeness (QED) is 0.869. The third kappa shape index (κ3) is 4.89. The van der Waals surface area contributed by atoms with Crippen molar-refractivity contribution in [2.45, 2.75) is 78.0 Å². The molecule has 0 saturated carbocycles. The second-order valence-corrected chi connectivity index (χ2v) is 5.98. The second kappa shape index (κ2) is 7.20. The maximum atomic E-state index is 5.91. The van der Waals surface area contributed by atoms with E-state index in [1.807, 2.05) is 6.07 Å². The fourth-order valence-electron chi connectivity index (χ4n) is 2.50. The molecule has 5 nitrogen and oxygen atoms in total. The summed E-state index contributed by atoms with van der Waals surface area (Å²) in [7, 11) is 0. The number of hydrogen-bond acceptors (Lipinski definition) is 5. The van der Waals surface area contributed by atoms with Crippen LogP contribution in [0.15, 0.2) is 10.6 Å². The average molecular weight is 282 g/mol. The minimum absolute atomic E-state index is 0.246. The molecule has 114 valence electrons. The first-order valence-electron chi connectivity index (χ1n) is 7.48. The van der Waals surface area contributed by atoms with Crippen molar-refractivity contribution in [2.24, 2.45) is 0 Å². The van der Waals surface area contributed by atoms with Crippen LogP contribution in [0, 0.1) is 0 Å². The molecule has 2 rings (SSSR count). The third-order valence-corrected chi connectivity index (χ3v) is 3.41. The number of hydrogen-bond donors (Lipinski definition) is 1. The molecule has 20 heavy (non-hydrogen) atoms. The Hall–Kier alpha value is -0.910. The van der Waals surface area contributed by atoms with Gasteiger partial charge in [0.25, 0.3) is 0 Å². The second-order valence-electron chi connectivity index (χ2n) is 5.98. The maximum Gasteiger partial charge on any atom is 0.162 e. The van der Waals surface area contributed by atoms with Crippen molar-refractivity contribution in [1.29, 1.82) is 0 Å². The summed E-state index contributed by atoms with van der Waals surface area (Å²) in [5.74, 6) is 0.789. The van der Waals surface area contributed by atoms with E-state index in [-0.39, 0.29) is 18.3 Å². The summed E-state index contributed by atoms with van der Waals surface area (Å²) in [5.41, 5.74) is 0.922. The van der Waals surface area contributed by atoms with Crippen molar-refractivity contribution < 1.29 is 14.0 Å².